The van der Waals surface area contributed by atoms with Gasteiger partial charge in [0.15, 0.2) is 0 Å². The molecular weight excluding hydrogens is 298 g/mol. The Bertz CT molecular complexity index is 351. The first-order valence-corrected chi connectivity index (χ1v) is 8.41. The van der Waals surface area contributed by atoms with Gasteiger partial charge in [-0.15, -0.1) is 0 Å². The van der Waals surface area contributed by atoms with Crippen LogP contribution in [-0.4, -0.2) is 13.1 Å². The zero-order valence-electron chi connectivity index (χ0n) is 12.6. The highest BCUT2D eigenvalue weighted by molar-refractivity contribution is 9.10. The van der Waals surface area contributed by atoms with Crippen LogP contribution in [0.4, 0.5) is 0 Å². The van der Waals surface area contributed by atoms with Crippen molar-refractivity contribution in [2.75, 3.05) is 13.1 Å². The van der Waals surface area contributed by atoms with Crippen molar-refractivity contribution in [2.24, 2.45) is 11.8 Å². The molecule has 0 aliphatic carbocycles. The predicted octanol–water partition coefficient (Wildman–Crippen LogP) is 5.04. The van der Waals surface area contributed by atoms with Crippen molar-refractivity contribution >= 4 is 15.9 Å². The molecule has 0 radical (unpaired) electrons. The molecule has 1 N–H and O–H groups in total. The van der Waals surface area contributed by atoms with E-state index in [1.807, 2.05) is 0 Å². The fourth-order valence-corrected chi connectivity index (χ4v) is 3.04. The molecule has 2 unspecified atom stereocenters. The first kappa shape index (κ1) is 16.7. The number of halogens is 1. The Morgan fingerprint density at radius 3 is 2.63 bits per heavy atom. The molecule has 0 saturated carbocycles. The van der Waals surface area contributed by atoms with Gasteiger partial charge in [0.1, 0.15) is 0 Å². The van der Waals surface area contributed by atoms with E-state index in [2.05, 4.69) is 66.3 Å². The molecule has 1 aromatic carbocycles. The van der Waals surface area contributed by atoms with Gasteiger partial charge in [-0.25, -0.2) is 0 Å². The number of rotatable bonds is 9. The van der Waals surface area contributed by atoms with Crippen molar-refractivity contribution in [2.45, 2.75) is 46.5 Å². The molecule has 19 heavy (non-hydrogen) atoms. The fourth-order valence-electron chi connectivity index (χ4n) is 2.60. The second-order valence-corrected chi connectivity index (χ2v) is 6.48. The molecule has 0 aromatic heterocycles. The van der Waals surface area contributed by atoms with Crippen molar-refractivity contribution in [3.8, 4) is 0 Å². The van der Waals surface area contributed by atoms with Crippen molar-refractivity contribution < 1.29 is 0 Å². The van der Waals surface area contributed by atoms with Crippen molar-refractivity contribution in [3.05, 3.63) is 34.3 Å². The minimum atomic E-state index is 0.737. The van der Waals surface area contributed by atoms with Gasteiger partial charge >= 0.3 is 0 Å². The largest absolute Gasteiger partial charge is 0.316 e. The number of hydrogen-bond donors (Lipinski definition) is 1. The van der Waals surface area contributed by atoms with E-state index in [9.17, 15) is 0 Å². The Hall–Kier alpha value is -0.340. The molecule has 1 nitrogen and oxygen atoms in total. The SMILES string of the molecule is CCCNCC(Cc1cccc(Br)c1)C(C)CCC. The molecule has 0 spiro atoms. The van der Waals surface area contributed by atoms with Crippen LogP contribution in [-0.2, 0) is 6.42 Å². The van der Waals surface area contributed by atoms with E-state index >= 15 is 0 Å². The van der Waals surface area contributed by atoms with Crippen LogP contribution in [0.1, 0.15) is 45.6 Å². The van der Waals surface area contributed by atoms with Gasteiger partial charge in [-0.2, -0.15) is 0 Å². The van der Waals surface area contributed by atoms with Gasteiger partial charge in [0.05, 0.1) is 0 Å². The van der Waals surface area contributed by atoms with Crippen LogP contribution in [0.3, 0.4) is 0 Å². The summed E-state index contributed by atoms with van der Waals surface area (Å²) < 4.78 is 1.19. The predicted molar refractivity (Wildman–Crippen MR) is 88.6 cm³/mol. The van der Waals surface area contributed by atoms with E-state index in [1.165, 1.54) is 35.7 Å². The Morgan fingerprint density at radius 1 is 1.21 bits per heavy atom. The van der Waals surface area contributed by atoms with Crippen LogP contribution in [0.2, 0.25) is 0 Å². The lowest BCUT2D eigenvalue weighted by Crippen LogP contribution is -2.29. The molecule has 0 fully saturated rings. The van der Waals surface area contributed by atoms with Crippen LogP contribution in [0.25, 0.3) is 0 Å². The van der Waals surface area contributed by atoms with E-state index in [0.717, 1.165) is 24.9 Å². The molecular formula is C17H28BrN. The highest BCUT2D eigenvalue weighted by atomic mass is 79.9. The summed E-state index contributed by atoms with van der Waals surface area (Å²) in [7, 11) is 0. The van der Waals surface area contributed by atoms with Gasteiger partial charge in [0, 0.05) is 4.47 Å². The Kier molecular flexibility index (Phi) is 8.40. The topological polar surface area (TPSA) is 12.0 Å². The Labute approximate surface area is 127 Å². The standard InChI is InChI=1S/C17H28BrN/c1-4-7-14(3)16(13-19-10-5-2)11-15-8-6-9-17(18)12-15/h6,8-9,12,14,16,19H,4-5,7,10-11,13H2,1-3H3. The van der Waals surface area contributed by atoms with Crippen molar-refractivity contribution in [3.63, 3.8) is 0 Å². The van der Waals surface area contributed by atoms with Gasteiger partial charge in [-0.05, 0) is 55.5 Å². The molecule has 108 valence electrons. The maximum Gasteiger partial charge on any atom is 0.0177 e. The van der Waals surface area contributed by atoms with Crippen molar-refractivity contribution in [1.29, 1.82) is 0 Å². The highest BCUT2D eigenvalue weighted by Gasteiger charge is 2.17. The summed E-state index contributed by atoms with van der Waals surface area (Å²) in [4.78, 5) is 0. The monoisotopic (exact) mass is 325 g/mol. The van der Waals surface area contributed by atoms with Crippen LogP contribution >= 0.6 is 15.9 Å². The Morgan fingerprint density at radius 2 is 2.00 bits per heavy atom. The van der Waals surface area contributed by atoms with Crippen molar-refractivity contribution in [1.82, 2.24) is 5.32 Å². The lowest BCUT2D eigenvalue weighted by atomic mass is 9.85. The normalized spacial score (nSPS) is 14.3. The molecule has 0 amide bonds. The number of benzene rings is 1. The van der Waals surface area contributed by atoms with E-state index in [0.29, 0.717) is 0 Å². The zero-order valence-corrected chi connectivity index (χ0v) is 14.2. The fraction of sp³-hybridized carbons (Fsp3) is 0.647. The summed E-state index contributed by atoms with van der Waals surface area (Å²) in [6.45, 7) is 9.19. The van der Waals surface area contributed by atoms with Gasteiger partial charge < -0.3 is 5.32 Å². The average molecular weight is 326 g/mol. The minimum absolute atomic E-state index is 0.737. The number of hydrogen-bond acceptors (Lipinski definition) is 1. The third-order valence-electron chi connectivity index (χ3n) is 3.77. The lowest BCUT2D eigenvalue weighted by molar-refractivity contribution is 0.318. The summed E-state index contributed by atoms with van der Waals surface area (Å²) >= 11 is 3.57. The lowest BCUT2D eigenvalue weighted by Gasteiger charge is -2.24. The van der Waals surface area contributed by atoms with Gasteiger partial charge in [0.2, 0.25) is 0 Å². The number of nitrogens with one attached hydrogen (secondary N) is 1. The third kappa shape index (κ3) is 6.58. The van der Waals surface area contributed by atoms with Crippen LogP contribution in [0.5, 0.6) is 0 Å². The summed E-state index contributed by atoms with van der Waals surface area (Å²) in [6.07, 6.45) is 5.00. The maximum atomic E-state index is 3.60. The minimum Gasteiger partial charge on any atom is -0.316 e. The van der Waals surface area contributed by atoms with E-state index in [4.69, 9.17) is 0 Å². The molecule has 2 atom stereocenters. The summed E-state index contributed by atoms with van der Waals surface area (Å²) in [5.41, 5.74) is 1.45. The van der Waals surface area contributed by atoms with Gasteiger partial charge in [-0.3, -0.25) is 0 Å². The van der Waals surface area contributed by atoms with Crippen LogP contribution < -0.4 is 5.32 Å². The van der Waals surface area contributed by atoms with E-state index in [-0.39, 0.29) is 0 Å². The molecule has 0 bridgehead atoms. The highest BCUT2D eigenvalue weighted by Crippen LogP contribution is 2.23. The molecule has 1 rings (SSSR count). The maximum absolute atomic E-state index is 3.60. The van der Waals surface area contributed by atoms with Gasteiger partial charge in [0.25, 0.3) is 0 Å². The first-order valence-electron chi connectivity index (χ1n) is 7.62. The summed E-state index contributed by atoms with van der Waals surface area (Å²) in [6, 6.07) is 8.74. The average Bonchev–Trinajstić information content (AvgIpc) is 2.38. The summed E-state index contributed by atoms with van der Waals surface area (Å²) in [5, 5.41) is 3.60. The van der Waals surface area contributed by atoms with Gasteiger partial charge in [-0.1, -0.05) is 61.7 Å². The first-order chi connectivity index (χ1) is 9.17. The molecule has 0 aliphatic rings. The van der Waals surface area contributed by atoms with Crippen LogP contribution in [0, 0.1) is 11.8 Å². The Balaban J connectivity index is 2.61. The summed E-state index contributed by atoms with van der Waals surface area (Å²) in [5.74, 6) is 1.52. The molecule has 0 saturated heterocycles. The second kappa shape index (κ2) is 9.55. The second-order valence-electron chi connectivity index (χ2n) is 5.56. The molecule has 0 aliphatic heterocycles. The van der Waals surface area contributed by atoms with Crippen LogP contribution in [0.15, 0.2) is 28.7 Å². The molecule has 2 heteroatoms. The molecule has 1 aromatic rings. The third-order valence-corrected chi connectivity index (χ3v) is 4.26. The smallest absolute Gasteiger partial charge is 0.0177 e. The van der Waals surface area contributed by atoms with E-state index in [1.54, 1.807) is 0 Å². The zero-order chi connectivity index (χ0) is 14.1. The van der Waals surface area contributed by atoms with E-state index < -0.39 is 0 Å². The molecule has 0 heterocycles. The quantitative estimate of drug-likeness (QED) is 0.627.